The van der Waals surface area contributed by atoms with E-state index in [1.807, 2.05) is 49.6 Å². The van der Waals surface area contributed by atoms with E-state index in [0.717, 1.165) is 29.2 Å². The third kappa shape index (κ3) is 3.27. The summed E-state index contributed by atoms with van der Waals surface area (Å²) in [7, 11) is 5.26. The Labute approximate surface area is 119 Å². The number of nitrogens with zero attached hydrogens (tertiary/aromatic N) is 1. The molecular weight excluding hydrogens is 252 g/mol. The zero-order valence-electron chi connectivity index (χ0n) is 12.1. The SMILES string of the molecule is CNC(Cc1ccccn1)c1ccc(OC)cc1OC. The Hall–Kier alpha value is -2.07. The molecule has 2 aromatic rings. The summed E-state index contributed by atoms with van der Waals surface area (Å²) >= 11 is 0. The molecule has 2 rings (SSSR count). The van der Waals surface area contributed by atoms with Gasteiger partial charge in [-0.3, -0.25) is 4.98 Å². The highest BCUT2D eigenvalue weighted by Crippen LogP contribution is 2.30. The topological polar surface area (TPSA) is 43.4 Å². The number of ether oxygens (including phenoxy) is 2. The van der Waals surface area contributed by atoms with E-state index in [1.165, 1.54) is 0 Å². The van der Waals surface area contributed by atoms with Gasteiger partial charge in [-0.1, -0.05) is 12.1 Å². The minimum atomic E-state index is 0.144. The Morgan fingerprint density at radius 2 is 2.00 bits per heavy atom. The van der Waals surface area contributed by atoms with Gasteiger partial charge in [0.05, 0.1) is 14.2 Å². The molecule has 0 saturated carbocycles. The lowest BCUT2D eigenvalue weighted by atomic mass is 10.0. The quantitative estimate of drug-likeness (QED) is 0.878. The number of methoxy groups -OCH3 is 2. The third-order valence-corrected chi connectivity index (χ3v) is 3.30. The van der Waals surface area contributed by atoms with Gasteiger partial charge >= 0.3 is 0 Å². The molecule has 0 aliphatic rings. The molecule has 106 valence electrons. The normalized spacial score (nSPS) is 11.9. The maximum absolute atomic E-state index is 5.47. The van der Waals surface area contributed by atoms with Gasteiger partial charge in [0, 0.05) is 36.0 Å². The summed E-state index contributed by atoms with van der Waals surface area (Å²) in [6.07, 6.45) is 2.62. The Balaban J connectivity index is 2.27. The van der Waals surface area contributed by atoms with Crippen LogP contribution in [0, 0.1) is 0 Å². The molecule has 0 saturated heterocycles. The summed E-state index contributed by atoms with van der Waals surface area (Å²) in [4.78, 5) is 4.38. The molecule has 0 radical (unpaired) electrons. The van der Waals surface area contributed by atoms with Crippen LogP contribution >= 0.6 is 0 Å². The highest BCUT2D eigenvalue weighted by atomic mass is 16.5. The first-order valence-corrected chi connectivity index (χ1v) is 6.57. The lowest BCUT2D eigenvalue weighted by molar-refractivity contribution is 0.385. The molecule has 4 heteroatoms. The van der Waals surface area contributed by atoms with Crippen LogP contribution in [0.1, 0.15) is 17.3 Å². The summed E-state index contributed by atoms with van der Waals surface area (Å²) in [6.45, 7) is 0. The highest BCUT2D eigenvalue weighted by molar-refractivity contribution is 5.43. The minimum Gasteiger partial charge on any atom is -0.497 e. The minimum absolute atomic E-state index is 0.144. The van der Waals surface area contributed by atoms with Gasteiger partial charge < -0.3 is 14.8 Å². The largest absolute Gasteiger partial charge is 0.497 e. The van der Waals surface area contributed by atoms with Crippen LogP contribution in [0.3, 0.4) is 0 Å². The van der Waals surface area contributed by atoms with Gasteiger partial charge in [-0.2, -0.15) is 0 Å². The van der Waals surface area contributed by atoms with Crippen molar-refractivity contribution in [3.05, 3.63) is 53.9 Å². The molecule has 1 N–H and O–H groups in total. The molecule has 1 aromatic heterocycles. The molecule has 1 aromatic carbocycles. The zero-order valence-corrected chi connectivity index (χ0v) is 12.1. The van der Waals surface area contributed by atoms with Crippen LogP contribution in [0.15, 0.2) is 42.6 Å². The average molecular weight is 272 g/mol. The van der Waals surface area contributed by atoms with Crippen LogP contribution in [-0.2, 0) is 6.42 Å². The van der Waals surface area contributed by atoms with Gasteiger partial charge in [0.2, 0.25) is 0 Å². The Kier molecular flexibility index (Phi) is 4.96. The van der Waals surface area contributed by atoms with E-state index < -0.39 is 0 Å². The van der Waals surface area contributed by atoms with Gasteiger partial charge in [-0.05, 0) is 25.2 Å². The van der Waals surface area contributed by atoms with Crippen molar-refractivity contribution in [3.63, 3.8) is 0 Å². The fourth-order valence-corrected chi connectivity index (χ4v) is 2.20. The predicted molar refractivity (Wildman–Crippen MR) is 79.3 cm³/mol. The smallest absolute Gasteiger partial charge is 0.127 e. The first-order chi connectivity index (χ1) is 9.78. The summed E-state index contributed by atoms with van der Waals surface area (Å²) in [5.41, 5.74) is 2.14. The number of likely N-dealkylation sites (N-methyl/N-ethyl adjacent to an activating group) is 1. The van der Waals surface area contributed by atoms with Gasteiger partial charge in [-0.25, -0.2) is 0 Å². The number of benzene rings is 1. The molecule has 0 aliphatic heterocycles. The molecule has 0 spiro atoms. The second kappa shape index (κ2) is 6.91. The first kappa shape index (κ1) is 14.3. The average Bonchev–Trinajstić information content (AvgIpc) is 2.53. The number of nitrogens with one attached hydrogen (secondary N) is 1. The molecule has 0 bridgehead atoms. The maximum atomic E-state index is 5.47. The van der Waals surface area contributed by atoms with Gasteiger partial charge in [0.1, 0.15) is 11.5 Å². The lowest BCUT2D eigenvalue weighted by Crippen LogP contribution is -2.20. The van der Waals surface area contributed by atoms with Crippen LogP contribution in [-0.4, -0.2) is 26.3 Å². The molecule has 0 fully saturated rings. The van der Waals surface area contributed by atoms with Crippen molar-refractivity contribution >= 4 is 0 Å². The van der Waals surface area contributed by atoms with Crippen LogP contribution in [0.4, 0.5) is 0 Å². The van der Waals surface area contributed by atoms with Crippen molar-refractivity contribution in [1.82, 2.24) is 10.3 Å². The van der Waals surface area contributed by atoms with Crippen LogP contribution in [0.25, 0.3) is 0 Å². The van der Waals surface area contributed by atoms with E-state index in [-0.39, 0.29) is 6.04 Å². The summed E-state index contributed by atoms with van der Waals surface area (Å²) < 4.78 is 10.7. The predicted octanol–water partition coefficient (Wildman–Crippen LogP) is 2.60. The second-order valence-corrected chi connectivity index (χ2v) is 4.47. The van der Waals surface area contributed by atoms with E-state index in [2.05, 4.69) is 10.3 Å². The molecule has 1 heterocycles. The van der Waals surface area contributed by atoms with E-state index in [1.54, 1.807) is 14.2 Å². The molecule has 1 unspecified atom stereocenters. The van der Waals surface area contributed by atoms with Gasteiger partial charge in [-0.15, -0.1) is 0 Å². The fourth-order valence-electron chi connectivity index (χ4n) is 2.20. The summed E-state index contributed by atoms with van der Waals surface area (Å²) in [5, 5.41) is 3.32. The van der Waals surface area contributed by atoms with Crippen molar-refractivity contribution < 1.29 is 9.47 Å². The second-order valence-electron chi connectivity index (χ2n) is 4.47. The molecule has 20 heavy (non-hydrogen) atoms. The van der Waals surface area contributed by atoms with Gasteiger partial charge in [0.15, 0.2) is 0 Å². The number of rotatable bonds is 6. The Morgan fingerprint density at radius 3 is 2.60 bits per heavy atom. The van der Waals surface area contributed by atoms with E-state index >= 15 is 0 Å². The number of aromatic nitrogens is 1. The van der Waals surface area contributed by atoms with Crippen molar-refractivity contribution in [2.75, 3.05) is 21.3 Å². The zero-order chi connectivity index (χ0) is 14.4. The third-order valence-electron chi connectivity index (χ3n) is 3.30. The van der Waals surface area contributed by atoms with Gasteiger partial charge in [0.25, 0.3) is 0 Å². The Bertz CT molecular complexity index is 543. The molecular formula is C16H20N2O2. The number of hydrogen-bond acceptors (Lipinski definition) is 4. The van der Waals surface area contributed by atoms with E-state index in [0.29, 0.717) is 0 Å². The highest BCUT2D eigenvalue weighted by Gasteiger charge is 2.16. The summed E-state index contributed by atoms with van der Waals surface area (Å²) in [6, 6.07) is 12.0. The van der Waals surface area contributed by atoms with Crippen molar-refractivity contribution in [1.29, 1.82) is 0 Å². The Morgan fingerprint density at radius 1 is 1.15 bits per heavy atom. The van der Waals surface area contributed by atoms with E-state index in [4.69, 9.17) is 9.47 Å². The lowest BCUT2D eigenvalue weighted by Gasteiger charge is -2.19. The first-order valence-electron chi connectivity index (χ1n) is 6.57. The molecule has 0 aliphatic carbocycles. The van der Waals surface area contributed by atoms with E-state index in [9.17, 15) is 0 Å². The molecule has 4 nitrogen and oxygen atoms in total. The standard InChI is InChI=1S/C16H20N2O2/c1-17-15(10-12-6-4-5-9-18-12)14-8-7-13(19-2)11-16(14)20-3/h4-9,11,15,17H,10H2,1-3H3. The number of hydrogen-bond donors (Lipinski definition) is 1. The molecule has 0 amide bonds. The van der Waals surface area contributed by atoms with Crippen molar-refractivity contribution in [2.45, 2.75) is 12.5 Å². The fraction of sp³-hybridized carbons (Fsp3) is 0.312. The monoisotopic (exact) mass is 272 g/mol. The maximum Gasteiger partial charge on any atom is 0.127 e. The van der Waals surface area contributed by atoms with Crippen molar-refractivity contribution in [2.24, 2.45) is 0 Å². The van der Waals surface area contributed by atoms with Crippen LogP contribution in [0.2, 0.25) is 0 Å². The van der Waals surface area contributed by atoms with Crippen LogP contribution in [0.5, 0.6) is 11.5 Å². The van der Waals surface area contributed by atoms with Crippen LogP contribution < -0.4 is 14.8 Å². The molecule has 1 atom stereocenters. The van der Waals surface area contributed by atoms with Crippen molar-refractivity contribution in [3.8, 4) is 11.5 Å². The summed E-state index contributed by atoms with van der Waals surface area (Å²) in [5.74, 6) is 1.61. The number of pyridine rings is 1.